The Hall–Kier alpha value is -2.30. The second kappa shape index (κ2) is 5.56. The average molecular weight is 260 g/mol. The van der Waals surface area contributed by atoms with Crippen LogP contribution in [0.5, 0.6) is 5.75 Å². The van der Waals surface area contributed by atoms with E-state index in [1.165, 1.54) is 0 Å². The molecule has 1 heterocycles. The van der Waals surface area contributed by atoms with E-state index in [2.05, 4.69) is 4.99 Å². The summed E-state index contributed by atoms with van der Waals surface area (Å²) in [5.74, 6) is 0.364. The van der Waals surface area contributed by atoms with Crippen molar-refractivity contribution in [3.8, 4) is 5.75 Å². The molecule has 0 saturated carbocycles. The number of esters is 1. The number of nitrogens with zero attached hydrogens (tertiary/aromatic N) is 1. The van der Waals surface area contributed by atoms with Gasteiger partial charge in [-0.25, -0.2) is 4.79 Å². The third kappa shape index (κ3) is 2.59. The second-order valence-corrected chi connectivity index (χ2v) is 4.01. The van der Waals surface area contributed by atoms with Crippen LogP contribution in [0.25, 0.3) is 0 Å². The summed E-state index contributed by atoms with van der Waals surface area (Å²) in [4.78, 5) is 16.0. The van der Waals surface area contributed by atoms with Crippen LogP contribution in [0, 0.1) is 0 Å². The molecule has 1 aromatic rings. The van der Waals surface area contributed by atoms with Gasteiger partial charge in [0, 0.05) is 5.56 Å². The van der Waals surface area contributed by atoms with E-state index in [9.17, 15) is 4.79 Å². The first-order valence-corrected chi connectivity index (χ1v) is 6.02. The Bertz CT molecular complexity index is 544. The molecule has 1 aliphatic rings. The lowest BCUT2D eigenvalue weighted by Crippen LogP contribution is -2.17. The fourth-order valence-corrected chi connectivity index (χ4v) is 1.86. The minimum Gasteiger partial charge on any atom is -0.497 e. The molecule has 0 unspecified atom stereocenters. The Morgan fingerprint density at radius 2 is 2.05 bits per heavy atom. The van der Waals surface area contributed by atoms with Gasteiger partial charge in [-0.2, -0.15) is 0 Å². The van der Waals surface area contributed by atoms with Crippen molar-refractivity contribution in [3.05, 3.63) is 41.1 Å². The van der Waals surface area contributed by atoms with Crippen LogP contribution in [0.4, 0.5) is 0 Å². The summed E-state index contributed by atoms with van der Waals surface area (Å²) in [6.45, 7) is 2.36. The summed E-state index contributed by atoms with van der Waals surface area (Å²) < 4.78 is 10.0. The number of rotatable bonds is 4. The maximum absolute atomic E-state index is 11.7. The number of hydrogen-bond donors (Lipinski definition) is 1. The number of carbonyl (C=O) groups is 1. The zero-order chi connectivity index (χ0) is 13.8. The van der Waals surface area contributed by atoms with Crippen molar-refractivity contribution in [1.29, 1.82) is 0 Å². The molecule has 2 rings (SSSR count). The lowest BCUT2D eigenvalue weighted by atomic mass is 10.1. The van der Waals surface area contributed by atoms with Crippen molar-refractivity contribution in [2.24, 2.45) is 10.7 Å². The summed E-state index contributed by atoms with van der Waals surface area (Å²) >= 11 is 0. The number of ether oxygens (including phenoxy) is 2. The summed E-state index contributed by atoms with van der Waals surface area (Å²) in [5.41, 5.74) is 8.28. The van der Waals surface area contributed by atoms with Crippen LogP contribution in [0.2, 0.25) is 0 Å². The highest BCUT2D eigenvalue weighted by Crippen LogP contribution is 2.20. The number of aliphatic imine (C=N–C) groups is 1. The summed E-state index contributed by atoms with van der Waals surface area (Å²) in [7, 11) is 1.61. The SMILES string of the molecule is CCOC(=O)C1=C(N)C(c2ccc(OC)cc2)=NC1. The number of benzene rings is 1. The molecule has 0 aliphatic carbocycles. The number of allylic oxidation sites excluding steroid dienone is 1. The number of methoxy groups -OCH3 is 1. The quantitative estimate of drug-likeness (QED) is 0.827. The molecule has 2 N–H and O–H groups in total. The maximum atomic E-state index is 11.7. The Morgan fingerprint density at radius 1 is 1.37 bits per heavy atom. The topological polar surface area (TPSA) is 73.9 Å². The molecular weight excluding hydrogens is 244 g/mol. The monoisotopic (exact) mass is 260 g/mol. The van der Waals surface area contributed by atoms with Gasteiger partial charge >= 0.3 is 5.97 Å². The van der Waals surface area contributed by atoms with Crippen molar-refractivity contribution in [1.82, 2.24) is 0 Å². The normalized spacial score (nSPS) is 14.3. The summed E-state index contributed by atoms with van der Waals surface area (Å²) in [5, 5.41) is 0. The first-order valence-electron chi connectivity index (χ1n) is 6.02. The highest BCUT2D eigenvalue weighted by molar-refractivity contribution is 6.17. The molecule has 0 aromatic heterocycles. The van der Waals surface area contributed by atoms with Crippen LogP contribution in [0.3, 0.4) is 0 Å². The van der Waals surface area contributed by atoms with Crippen molar-refractivity contribution >= 4 is 11.7 Å². The second-order valence-electron chi connectivity index (χ2n) is 4.01. The molecule has 0 saturated heterocycles. The predicted molar refractivity (Wildman–Crippen MR) is 72.2 cm³/mol. The molecule has 0 bridgehead atoms. The van der Waals surface area contributed by atoms with Crippen LogP contribution < -0.4 is 10.5 Å². The van der Waals surface area contributed by atoms with E-state index < -0.39 is 5.97 Å². The molecule has 0 fully saturated rings. The third-order valence-electron chi connectivity index (χ3n) is 2.86. The molecule has 1 aromatic carbocycles. The zero-order valence-corrected chi connectivity index (χ0v) is 11.0. The molecule has 5 nitrogen and oxygen atoms in total. The summed E-state index contributed by atoms with van der Waals surface area (Å²) in [6, 6.07) is 7.37. The van der Waals surface area contributed by atoms with E-state index in [0.717, 1.165) is 11.3 Å². The smallest absolute Gasteiger partial charge is 0.338 e. The summed E-state index contributed by atoms with van der Waals surface area (Å²) in [6.07, 6.45) is 0. The number of hydrogen-bond acceptors (Lipinski definition) is 5. The van der Waals surface area contributed by atoms with Gasteiger partial charge in [-0.05, 0) is 31.2 Å². The van der Waals surface area contributed by atoms with Gasteiger partial charge < -0.3 is 15.2 Å². The lowest BCUT2D eigenvalue weighted by Gasteiger charge is -2.06. The molecule has 19 heavy (non-hydrogen) atoms. The van der Waals surface area contributed by atoms with Gasteiger partial charge in [0.05, 0.1) is 37.2 Å². The van der Waals surface area contributed by atoms with Crippen LogP contribution in [-0.2, 0) is 9.53 Å². The Kier molecular flexibility index (Phi) is 3.85. The lowest BCUT2D eigenvalue weighted by molar-refractivity contribution is -0.138. The van der Waals surface area contributed by atoms with Crippen molar-refractivity contribution < 1.29 is 14.3 Å². The van der Waals surface area contributed by atoms with E-state index in [4.69, 9.17) is 15.2 Å². The van der Waals surface area contributed by atoms with E-state index in [1.807, 2.05) is 24.3 Å². The molecule has 0 radical (unpaired) electrons. The first-order chi connectivity index (χ1) is 9.17. The molecule has 0 spiro atoms. The molecular formula is C14H16N2O3. The minimum atomic E-state index is -0.396. The van der Waals surface area contributed by atoms with Crippen LogP contribution >= 0.6 is 0 Å². The van der Waals surface area contributed by atoms with Gasteiger partial charge in [0.25, 0.3) is 0 Å². The average Bonchev–Trinajstić information content (AvgIpc) is 2.81. The van der Waals surface area contributed by atoms with Gasteiger partial charge in [-0.1, -0.05) is 0 Å². The predicted octanol–water partition coefficient (Wildman–Crippen LogP) is 1.27. The molecule has 0 amide bonds. The van der Waals surface area contributed by atoms with E-state index in [1.54, 1.807) is 14.0 Å². The fraction of sp³-hybridized carbons (Fsp3) is 0.286. The van der Waals surface area contributed by atoms with Crippen molar-refractivity contribution in [3.63, 3.8) is 0 Å². The number of carbonyl (C=O) groups excluding carboxylic acids is 1. The first kappa shape index (κ1) is 13.1. The minimum absolute atomic E-state index is 0.270. The maximum Gasteiger partial charge on any atom is 0.338 e. The van der Waals surface area contributed by atoms with E-state index in [0.29, 0.717) is 23.6 Å². The Morgan fingerprint density at radius 3 is 2.63 bits per heavy atom. The van der Waals surface area contributed by atoms with Gasteiger partial charge in [-0.15, -0.1) is 0 Å². The Labute approximate surface area is 111 Å². The molecule has 1 aliphatic heterocycles. The molecule has 100 valence electrons. The number of nitrogens with two attached hydrogens (primary N) is 1. The van der Waals surface area contributed by atoms with Gasteiger partial charge in [-0.3, -0.25) is 4.99 Å². The van der Waals surface area contributed by atoms with Crippen LogP contribution in [0.15, 0.2) is 40.5 Å². The highest BCUT2D eigenvalue weighted by atomic mass is 16.5. The van der Waals surface area contributed by atoms with Gasteiger partial charge in [0.15, 0.2) is 0 Å². The fourth-order valence-electron chi connectivity index (χ4n) is 1.86. The van der Waals surface area contributed by atoms with E-state index in [-0.39, 0.29) is 6.54 Å². The van der Waals surface area contributed by atoms with Crippen LogP contribution in [-0.4, -0.2) is 31.9 Å². The molecule has 5 heteroatoms. The molecule has 0 atom stereocenters. The Balaban J connectivity index is 2.24. The van der Waals surface area contributed by atoms with E-state index >= 15 is 0 Å². The van der Waals surface area contributed by atoms with Gasteiger partial charge in [0.1, 0.15) is 5.75 Å². The van der Waals surface area contributed by atoms with Crippen LogP contribution in [0.1, 0.15) is 12.5 Å². The van der Waals surface area contributed by atoms with Crippen molar-refractivity contribution in [2.75, 3.05) is 20.3 Å². The third-order valence-corrected chi connectivity index (χ3v) is 2.86. The standard InChI is InChI=1S/C14H16N2O3/c1-3-19-14(17)11-8-16-13(12(11)15)9-4-6-10(18-2)7-5-9/h4-7H,3,8,15H2,1-2H3. The van der Waals surface area contributed by atoms with Gasteiger partial charge in [0.2, 0.25) is 0 Å². The zero-order valence-electron chi connectivity index (χ0n) is 11.0. The largest absolute Gasteiger partial charge is 0.497 e. The highest BCUT2D eigenvalue weighted by Gasteiger charge is 2.24. The van der Waals surface area contributed by atoms with Crippen molar-refractivity contribution in [2.45, 2.75) is 6.92 Å².